The summed E-state index contributed by atoms with van der Waals surface area (Å²) in [4.78, 5) is 18.5. The van der Waals surface area contributed by atoms with E-state index in [0.29, 0.717) is 29.5 Å². The van der Waals surface area contributed by atoms with Gasteiger partial charge in [0, 0.05) is 31.8 Å². The predicted molar refractivity (Wildman–Crippen MR) is 123 cm³/mol. The number of rotatable bonds is 7. The lowest BCUT2D eigenvalue weighted by Gasteiger charge is -2.51. The monoisotopic (exact) mass is 421 g/mol. The quantitative estimate of drug-likeness (QED) is 0.722. The van der Waals surface area contributed by atoms with Crippen molar-refractivity contribution in [2.45, 2.75) is 56.6 Å². The standard InChI is InChI=1S/C26H35N3O2/c1-18-8-7-11-22(26(18,31-3)21-12-13-28-24(16-21)25(27)30)17-29(2)23-14-20(15-23)19-9-5-4-6-10-19/h4-6,9-10,12-13,16,18,20,22-23H,7-8,11,14-15,17H2,1-3H3,(H2,27,30)/t18?,20-,22?,23+,26?. The van der Waals surface area contributed by atoms with Crippen LogP contribution in [0.3, 0.4) is 0 Å². The molecule has 0 bridgehead atoms. The van der Waals surface area contributed by atoms with Gasteiger partial charge in [-0.05, 0) is 67.8 Å². The summed E-state index contributed by atoms with van der Waals surface area (Å²) in [6, 6.07) is 15.3. The lowest BCUT2D eigenvalue weighted by molar-refractivity contribution is -0.135. The van der Waals surface area contributed by atoms with E-state index in [9.17, 15) is 4.79 Å². The third-order valence-electron chi connectivity index (χ3n) is 7.85. The Hall–Kier alpha value is -2.24. The van der Waals surface area contributed by atoms with Crippen molar-refractivity contribution in [2.24, 2.45) is 17.6 Å². The summed E-state index contributed by atoms with van der Waals surface area (Å²) in [5, 5.41) is 0. The Morgan fingerprint density at radius 3 is 2.65 bits per heavy atom. The van der Waals surface area contributed by atoms with Crippen LogP contribution in [0.5, 0.6) is 0 Å². The minimum atomic E-state index is -0.494. The summed E-state index contributed by atoms with van der Waals surface area (Å²) in [6.07, 6.45) is 7.55. The number of nitrogens with zero attached hydrogens (tertiary/aromatic N) is 2. The average molecular weight is 422 g/mol. The number of benzene rings is 1. The Labute approximate surface area is 186 Å². The number of hydrogen-bond acceptors (Lipinski definition) is 4. The first-order valence-electron chi connectivity index (χ1n) is 11.5. The highest BCUT2D eigenvalue weighted by molar-refractivity contribution is 5.90. The van der Waals surface area contributed by atoms with Gasteiger partial charge in [-0.25, -0.2) is 0 Å². The number of primary amides is 1. The van der Waals surface area contributed by atoms with Gasteiger partial charge in [-0.3, -0.25) is 9.78 Å². The first-order valence-corrected chi connectivity index (χ1v) is 11.5. The van der Waals surface area contributed by atoms with Gasteiger partial charge in [0.05, 0.1) is 5.60 Å². The topological polar surface area (TPSA) is 68.5 Å². The Morgan fingerprint density at radius 2 is 1.97 bits per heavy atom. The maximum absolute atomic E-state index is 11.8. The molecule has 2 aromatic rings. The highest BCUT2D eigenvalue weighted by atomic mass is 16.5. The van der Waals surface area contributed by atoms with E-state index in [1.54, 1.807) is 6.20 Å². The number of pyridine rings is 1. The van der Waals surface area contributed by atoms with Crippen LogP contribution in [0.2, 0.25) is 0 Å². The molecule has 0 spiro atoms. The van der Waals surface area contributed by atoms with Crippen LogP contribution in [0.1, 0.15) is 66.6 Å². The van der Waals surface area contributed by atoms with E-state index in [4.69, 9.17) is 10.5 Å². The maximum Gasteiger partial charge on any atom is 0.267 e. The van der Waals surface area contributed by atoms with Gasteiger partial charge in [0.25, 0.3) is 5.91 Å². The Balaban J connectivity index is 1.52. The Kier molecular flexibility index (Phi) is 6.44. The van der Waals surface area contributed by atoms with Crippen LogP contribution in [-0.4, -0.2) is 42.5 Å². The molecule has 2 aliphatic rings. The Bertz CT molecular complexity index is 897. The summed E-state index contributed by atoms with van der Waals surface area (Å²) in [7, 11) is 4.07. The van der Waals surface area contributed by atoms with E-state index in [1.165, 1.54) is 24.8 Å². The van der Waals surface area contributed by atoms with Crippen LogP contribution in [-0.2, 0) is 10.3 Å². The fourth-order valence-electron chi connectivity index (χ4n) is 5.98. The molecular weight excluding hydrogens is 386 g/mol. The fourth-order valence-corrected chi connectivity index (χ4v) is 5.98. The van der Waals surface area contributed by atoms with Crippen LogP contribution < -0.4 is 5.73 Å². The molecule has 3 unspecified atom stereocenters. The van der Waals surface area contributed by atoms with Crippen molar-refractivity contribution in [1.29, 1.82) is 0 Å². The molecule has 1 heterocycles. The number of aromatic nitrogens is 1. The highest BCUT2D eigenvalue weighted by Gasteiger charge is 2.48. The van der Waals surface area contributed by atoms with Crippen LogP contribution >= 0.6 is 0 Å². The zero-order valence-corrected chi connectivity index (χ0v) is 19.0. The van der Waals surface area contributed by atoms with Gasteiger partial charge in [-0.15, -0.1) is 0 Å². The molecule has 5 nitrogen and oxygen atoms in total. The molecule has 5 heteroatoms. The molecule has 0 aliphatic heterocycles. The minimum Gasteiger partial charge on any atom is -0.373 e. The Morgan fingerprint density at radius 1 is 1.23 bits per heavy atom. The van der Waals surface area contributed by atoms with E-state index in [1.807, 2.05) is 19.2 Å². The second-order valence-corrected chi connectivity index (χ2v) is 9.49. The van der Waals surface area contributed by atoms with Crippen molar-refractivity contribution in [3.63, 3.8) is 0 Å². The van der Waals surface area contributed by atoms with Gasteiger partial charge in [0.2, 0.25) is 0 Å². The number of hydrogen-bond donors (Lipinski definition) is 1. The second kappa shape index (κ2) is 9.09. The van der Waals surface area contributed by atoms with Crippen molar-refractivity contribution in [3.8, 4) is 0 Å². The zero-order valence-electron chi connectivity index (χ0n) is 19.0. The van der Waals surface area contributed by atoms with Crippen LogP contribution in [0.4, 0.5) is 0 Å². The summed E-state index contributed by atoms with van der Waals surface area (Å²) in [5.41, 5.74) is 7.89. The molecule has 4 rings (SSSR count). The highest BCUT2D eigenvalue weighted by Crippen LogP contribution is 2.49. The number of ether oxygens (including phenoxy) is 1. The van der Waals surface area contributed by atoms with Gasteiger partial charge in [-0.2, -0.15) is 0 Å². The zero-order chi connectivity index (χ0) is 22.0. The van der Waals surface area contributed by atoms with E-state index in [0.717, 1.165) is 24.9 Å². The summed E-state index contributed by atoms with van der Waals surface area (Å²) in [6.45, 7) is 3.26. The molecule has 2 aliphatic carbocycles. The van der Waals surface area contributed by atoms with Gasteiger partial charge in [0.1, 0.15) is 5.69 Å². The van der Waals surface area contributed by atoms with Gasteiger partial charge in [0.15, 0.2) is 0 Å². The first-order chi connectivity index (χ1) is 15.0. The first kappa shape index (κ1) is 22.0. The molecule has 0 radical (unpaired) electrons. The molecule has 1 aromatic carbocycles. The average Bonchev–Trinajstić information content (AvgIpc) is 2.74. The normalized spacial score (nSPS) is 30.7. The molecule has 1 aromatic heterocycles. The van der Waals surface area contributed by atoms with Gasteiger partial charge in [-0.1, -0.05) is 43.7 Å². The molecule has 3 atom stereocenters. The number of carbonyl (C=O) groups is 1. The van der Waals surface area contributed by atoms with Crippen molar-refractivity contribution >= 4 is 5.91 Å². The molecule has 166 valence electrons. The second-order valence-electron chi connectivity index (χ2n) is 9.49. The fraction of sp³-hybridized carbons (Fsp3) is 0.538. The molecule has 2 saturated carbocycles. The predicted octanol–water partition coefficient (Wildman–Crippen LogP) is 4.34. The number of carbonyl (C=O) groups excluding carboxylic acids is 1. The van der Waals surface area contributed by atoms with E-state index in [-0.39, 0.29) is 0 Å². The SMILES string of the molecule is COC1(c2ccnc(C(N)=O)c2)C(C)CCCC1CN(C)[C@H]1C[C@@H](c2ccccc2)C1. The van der Waals surface area contributed by atoms with Crippen molar-refractivity contribution in [2.75, 3.05) is 20.7 Å². The smallest absolute Gasteiger partial charge is 0.267 e. The number of nitrogens with two attached hydrogens (primary N) is 1. The third-order valence-corrected chi connectivity index (χ3v) is 7.85. The third kappa shape index (κ3) is 4.13. The molecule has 0 saturated heterocycles. The van der Waals surface area contributed by atoms with Gasteiger partial charge < -0.3 is 15.4 Å². The van der Waals surface area contributed by atoms with Crippen LogP contribution in [0.15, 0.2) is 48.7 Å². The largest absolute Gasteiger partial charge is 0.373 e. The molecule has 31 heavy (non-hydrogen) atoms. The molecule has 2 fully saturated rings. The van der Waals surface area contributed by atoms with E-state index < -0.39 is 11.5 Å². The van der Waals surface area contributed by atoms with Crippen LogP contribution in [0, 0.1) is 11.8 Å². The van der Waals surface area contributed by atoms with Crippen LogP contribution in [0.25, 0.3) is 0 Å². The molecular formula is C26H35N3O2. The van der Waals surface area contributed by atoms with E-state index in [2.05, 4.69) is 54.2 Å². The van der Waals surface area contributed by atoms with Crippen molar-refractivity contribution in [3.05, 3.63) is 65.5 Å². The van der Waals surface area contributed by atoms with Gasteiger partial charge >= 0.3 is 0 Å². The lowest BCUT2D eigenvalue weighted by Crippen LogP contribution is -2.52. The minimum absolute atomic E-state index is 0.309. The van der Waals surface area contributed by atoms with Crippen molar-refractivity contribution < 1.29 is 9.53 Å². The molecule has 1 amide bonds. The van der Waals surface area contributed by atoms with E-state index >= 15 is 0 Å². The lowest BCUT2D eigenvalue weighted by atomic mass is 9.65. The number of amides is 1. The number of methoxy groups -OCH3 is 1. The van der Waals surface area contributed by atoms with Crippen molar-refractivity contribution in [1.82, 2.24) is 9.88 Å². The summed E-state index contributed by atoms with van der Waals surface area (Å²) < 4.78 is 6.34. The summed E-state index contributed by atoms with van der Waals surface area (Å²) in [5.74, 6) is 0.882. The summed E-state index contributed by atoms with van der Waals surface area (Å²) >= 11 is 0. The maximum atomic E-state index is 11.8. The molecule has 2 N–H and O–H groups in total.